The van der Waals surface area contributed by atoms with E-state index >= 15 is 0 Å². The van der Waals surface area contributed by atoms with Gasteiger partial charge in [0.05, 0.1) is 22.2 Å². The van der Waals surface area contributed by atoms with Gasteiger partial charge in [0.25, 0.3) is 0 Å². The van der Waals surface area contributed by atoms with Gasteiger partial charge in [0, 0.05) is 33.0 Å². The molecule has 0 bridgehead atoms. The van der Waals surface area contributed by atoms with Crippen LogP contribution in [0.25, 0.3) is 82.9 Å². The van der Waals surface area contributed by atoms with Gasteiger partial charge in [-0.1, -0.05) is 133 Å². The summed E-state index contributed by atoms with van der Waals surface area (Å²) in [6.45, 7) is 0. The summed E-state index contributed by atoms with van der Waals surface area (Å²) in [7, 11) is 0. The highest BCUT2D eigenvalue weighted by atomic mass is 15.0. The van der Waals surface area contributed by atoms with Crippen LogP contribution in [0.5, 0.6) is 0 Å². The van der Waals surface area contributed by atoms with E-state index in [-0.39, 0.29) is 0 Å². The van der Waals surface area contributed by atoms with E-state index in [1.165, 1.54) is 38.3 Å². The van der Waals surface area contributed by atoms with Crippen molar-refractivity contribution in [2.24, 2.45) is 0 Å². The van der Waals surface area contributed by atoms with Gasteiger partial charge in [0.2, 0.25) is 0 Å². The van der Waals surface area contributed by atoms with Crippen LogP contribution in [-0.2, 0) is 0 Å². The summed E-state index contributed by atoms with van der Waals surface area (Å²) >= 11 is 0. The van der Waals surface area contributed by atoms with Crippen LogP contribution in [0.4, 0.5) is 0 Å². The van der Waals surface area contributed by atoms with Gasteiger partial charge in [-0.3, -0.25) is 0 Å². The Morgan fingerprint density at radius 3 is 1.62 bits per heavy atom. The highest BCUT2D eigenvalue weighted by Crippen LogP contribution is 2.35. The monoisotopic (exact) mass is 573 g/mol. The van der Waals surface area contributed by atoms with Gasteiger partial charge >= 0.3 is 0 Å². The third-order valence-corrected chi connectivity index (χ3v) is 8.83. The highest BCUT2D eigenvalue weighted by molar-refractivity contribution is 6.09. The molecule has 0 N–H and O–H groups in total. The Morgan fingerprint density at radius 1 is 0.378 bits per heavy atom. The van der Waals surface area contributed by atoms with Gasteiger partial charge in [-0.05, 0) is 52.2 Å². The molecule has 2 aromatic heterocycles. The number of benzene rings is 7. The third-order valence-electron chi connectivity index (χ3n) is 8.83. The fourth-order valence-electron chi connectivity index (χ4n) is 6.66. The minimum absolute atomic E-state index is 0.741. The summed E-state index contributed by atoms with van der Waals surface area (Å²) in [6, 6.07) is 57.9. The van der Waals surface area contributed by atoms with Crippen LogP contribution in [0, 0.1) is 0 Å². The number of rotatable bonds is 4. The van der Waals surface area contributed by atoms with Gasteiger partial charge in [-0.2, -0.15) is 0 Å². The van der Waals surface area contributed by atoms with Crippen LogP contribution in [0.2, 0.25) is 0 Å². The molecule has 9 rings (SSSR count). The van der Waals surface area contributed by atoms with Crippen molar-refractivity contribution >= 4 is 43.5 Å². The van der Waals surface area contributed by atoms with Gasteiger partial charge in [0.15, 0.2) is 5.82 Å². The van der Waals surface area contributed by atoms with E-state index in [1.54, 1.807) is 0 Å². The van der Waals surface area contributed by atoms with Crippen molar-refractivity contribution in [1.82, 2.24) is 14.5 Å². The Labute approximate surface area is 260 Å². The molecule has 45 heavy (non-hydrogen) atoms. The van der Waals surface area contributed by atoms with Gasteiger partial charge in [-0.15, -0.1) is 0 Å². The van der Waals surface area contributed by atoms with Crippen molar-refractivity contribution in [3.63, 3.8) is 0 Å². The Morgan fingerprint density at radius 2 is 0.911 bits per heavy atom. The maximum absolute atomic E-state index is 5.17. The van der Waals surface area contributed by atoms with Crippen LogP contribution in [0.15, 0.2) is 164 Å². The average molecular weight is 574 g/mol. The second-order valence-electron chi connectivity index (χ2n) is 11.4. The lowest BCUT2D eigenvalue weighted by Crippen LogP contribution is -1.96. The largest absolute Gasteiger partial charge is 0.309 e. The van der Waals surface area contributed by atoms with Crippen LogP contribution in [-0.4, -0.2) is 14.5 Å². The van der Waals surface area contributed by atoms with Crippen LogP contribution in [0.3, 0.4) is 0 Å². The van der Waals surface area contributed by atoms with Crippen LogP contribution in [0.1, 0.15) is 0 Å². The van der Waals surface area contributed by atoms with Gasteiger partial charge < -0.3 is 4.57 Å². The molecule has 0 unspecified atom stereocenters. The fourth-order valence-corrected chi connectivity index (χ4v) is 6.66. The normalized spacial score (nSPS) is 11.6. The van der Waals surface area contributed by atoms with E-state index in [4.69, 9.17) is 9.97 Å². The number of hydrogen-bond donors (Lipinski definition) is 0. The van der Waals surface area contributed by atoms with Crippen LogP contribution < -0.4 is 0 Å². The van der Waals surface area contributed by atoms with Gasteiger partial charge in [-0.25, -0.2) is 9.97 Å². The molecule has 0 fully saturated rings. The minimum atomic E-state index is 0.741. The van der Waals surface area contributed by atoms with Crippen molar-refractivity contribution in [3.8, 4) is 39.5 Å². The molecule has 0 amide bonds. The van der Waals surface area contributed by atoms with E-state index in [1.807, 2.05) is 6.07 Å². The minimum Gasteiger partial charge on any atom is -0.309 e. The number of fused-ring (bicyclic) bond motifs is 5. The van der Waals surface area contributed by atoms with E-state index in [0.29, 0.717) is 0 Å². The average Bonchev–Trinajstić information content (AvgIpc) is 3.45. The summed E-state index contributed by atoms with van der Waals surface area (Å²) in [5.74, 6) is 0.741. The van der Waals surface area contributed by atoms with Gasteiger partial charge in [0.1, 0.15) is 0 Å². The standard InChI is InChI=1S/C42H27N3/c1-2-12-33-30(10-1)11-9-16-36(33)42-43-38-17-6-3-15-37(38)41(44-42)31-22-20-28(21-23-31)29-24-26-32(27-25-29)45-39-18-7-4-13-34(39)35-14-5-8-19-40(35)45/h1-27H. The first-order chi connectivity index (χ1) is 22.3. The second kappa shape index (κ2) is 10.3. The number of nitrogens with zero attached hydrogens (tertiary/aromatic N) is 3. The van der Waals surface area contributed by atoms with E-state index in [0.717, 1.165) is 44.6 Å². The third kappa shape index (κ3) is 4.21. The quantitative estimate of drug-likeness (QED) is 0.210. The maximum atomic E-state index is 5.17. The summed E-state index contributed by atoms with van der Waals surface area (Å²) in [5.41, 5.74) is 9.93. The highest BCUT2D eigenvalue weighted by Gasteiger charge is 2.14. The topological polar surface area (TPSA) is 30.7 Å². The lowest BCUT2D eigenvalue weighted by atomic mass is 10.00. The Kier molecular flexibility index (Phi) is 5.82. The lowest BCUT2D eigenvalue weighted by molar-refractivity contribution is 1.18. The van der Waals surface area contributed by atoms with Crippen molar-refractivity contribution in [3.05, 3.63) is 164 Å². The molecular weight excluding hydrogens is 546 g/mol. The Balaban J connectivity index is 1.10. The number of para-hydroxylation sites is 3. The molecule has 0 aliphatic rings. The summed E-state index contributed by atoms with van der Waals surface area (Å²) < 4.78 is 2.35. The van der Waals surface area contributed by atoms with Crippen molar-refractivity contribution < 1.29 is 0 Å². The molecule has 2 heterocycles. The summed E-state index contributed by atoms with van der Waals surface area (Å²) in [6.07, 6.45) is 0. The van der Waals surface area contributed by atoms with Crippen molar-refractivity contribution in [2.45, 2.75) is 0 Å². The van der Waals surface area contributed by atoms with E-state index in [9.17, 15) is 0 Å². The second-order valence-corrected chi connectivity index (χ2v) is 11.4. The Bertz CT molecular complexity index is 2460. The van der Waals surface area contributed by atoms with E-state index < -0.39 is 0 Å². The van der Waals surface area contributed by atoms with E-state index in [2.05, 4.69) is 162 Å². The molecule has 0 aliphatic heterocycles. The number of aromatic nitrogens is 3. The smallest absolute Gasteiger partial charge is 0.161 e. The summed E-state index contributed by atoms with van der Waals surface area (Å²) in [4.78, 5) is 10.2. The Hall–Kier alpha value is -6.06. The zero-order chi connectivity index (χ0) is 29.7. The number of hydrogen-bond acceptors (Lipinski definition) is 2. The molecule has 9 aromatic rings. The first-order valence-electron chi connectivity index (χ1n) is 15.3. The van der Waals surface area contributed by atoms with Crippen molar-refractivity contribution in [1.29, 1.82) is 0 Å². The fraction of sp³-hybridized carbons (Fsp3) is 0. The predicted molar refractivity (Wildman–Crippen MR) is 188 cm³/mol. The molecule has 3 nitrogen and oxygen atoms in total. The molecule has 0 spiro atoms. The molecule has 210 valence electrons. The molecule has 0 aliphatic carbocycles. The first kappa shape index (κ1) is 25.4. The van der Waals surface area contributed by atoms with Crippen molar-refractivity contribution in [2.75, 3.05) is 0 Å². The molecule has 0 saturated heterocycles. The SMILES string of the molecule is c1ccc2c(-c3nc(-c4ccc(-c5ccc(-n6c7ccccc7c7ccccc76)cc5)cc4)c4ccccc4n3)cccc2c1. The zero-order valence-corrected chi connectivity index (χ0v) is 24.4. The predicted octanol–water partition coefficient (Wildman–Crippen LogP) is 10.9. The maximum Gasteiger partial charge on any atom is 0.161 e. The zero-order valence-electron chi connectivity index (χ0n) is 24.4. The molecule has 7 aromatic carbocycles. The molecule has 0 atom stereocenters. The molecule has 0 saturated carbocycles. The molecule has 0 radical (unpaired) electrons. The molecular formula is C42H27N3. The van der Waals surface area contributed by atoms with Crippen LogP contribution >= 0.6 is 0 Å². The first-order valence-corrected chi connectivity index (χ1v) is 15.3. The summed E-state index contributed by atoms with van der Waals surface area (Å²) in [5, 5.41) is 5.93. The lowest BCUT2D eigenvalue weighted by Gasteiger charge is -2.12. The molecule has 3 heteroatoms.